The normalized spacial score (nSPS) is 24.4. The van der Waals surface area contributed by atoms with Crippen molar-refractivity contribution in [1.29, 1.82) is 0 Å². The Balaban J connectivity index is 1.87. The summed E-state index contributed by atoms with van der Waals surface area (Å²) >= 11 is 0. The first-order valence-electron chi connectivity index (χ1n) is 13.7. The molecule has 228 valence electrons. The van der Waals surface area contributed by atoms with Gasteiger partial charge in [0.15, 0.2) is 0 Å². The van der Waals surface area contributed by atoms with Crippen molar-refractivity contribution >= 4 is 29.2 Å². The number of carbonyl (C=O) groups is 4. The standard InChI is InChI=1S/C34H32O10/c1-39-26(21-24(35)27(40-2)28(41-3)25(21)36)23-22(20-15-11-8-12-16-20)34(31(37)29(42-4)30(43-5)32(34)38)33(23,44-6)18-17-19-13-9-7-10-14-19/h7-18,22-23H,1-6H3/b18-17+/t22-,23+,33+/m0/s1. The minimum atomic E-state index is -1.97. The lowest BCUT2D eigenvalue weighted by molar-refractivity contribution is -0.209. The number of Topliss-reactive ketones (excluding diaryl/α,β-unsaturated/α-hetero) is 4. The van der Waals surface area contributed by atoms with Gasteiger partial charge in [0, 0.05) is 13.0 Å². The number of ether oxygens (including phenoxy) is 6. The number of ketones is 4. The van der Waals surface area contributed by atoms with E-state index in [1.165, 1.54) is 42.7 Å². The van der Waals surface area contributed by atoms with Gasteiger partial charge in [0.1, 0.15) is 22.3 Å². The van der Waals surface area contributed by atoms with E-state index in [0.29, 0.717) is 5.56 Å². The maximum absolute atomic E-state index is 14.6. The van der Waals surface area contributed by atoms with Crippen molar-refractivity contribution in [2.75, 3.05) is 42.7 Å². The number of allylic oxidation sites excluding steroid dienone is 4. The van der Waals surface area contributed by atoms with Gasteiger partial charge in [-0.25, -0.2) is 0 Å². The topological polar surface area (TPSA) is 124 Å². The highest BCUT2D eigenvalue weighted by atomic mass is 16.5. The Morgan fingerprint density at radius 3 is 1.57 bits per heavy atom. The van der Waals surface area contributed by atoms with Crippen LogP contribution in [0.2, 0.25) is 0 Å². The van der Waals surface area contributed by atoms with E-state index in [4.69, 9.17) is 28.4 Å². The quantitative estimate of drug-likeness (QED) is 0.173. The molecule has 2 aromatic carbocycles. The smallest absolute Gasteiger partial charge is 0.239 e. The molecule has 1 fully saturated rings. The van der Waals surface area contributed by atoms with Crippen LogP contribution in [-0.4, -0.2) is 71.4 Å². The number of hydrogen-bond acceptors (Lipinski definition) is 10. The number of benzene rings is 2. The molecule has 1 saturated carbocycles. The molecule has 0 radical (unpaired) electrons. The van der Waals surface area contributed by atoms with Crippen LogP contribution in [0, 0.1) is 11.3 Å². The van der Waals surface area contributed by atoms with Crippen molar-refractivity contribution in [3.05, 3.63) is 112 Å². The first-order valence-corrected chi connectivity index (χ1v) is 13.7. The Bertz CT molecular complexity index is 1590. The highest BCUT2D eigenvalue weighted by Crippen LogP contribution is 2.72. The molecule has 44 heavy (non-hydrogen) atoms. The average molecular weight is 601 g/mol. The number of carbonyl (C=O) groups excluding carboxylic acids is 4. The third-order valence-corrected chi connectivity index (χ3v) is 8.67. The van der Waals surface area contributed by atoms with Crippen molar-refractivity contribution in [1.82, 2.24) is 0 Å². The van der Waals surface area contributed by atoms with E-state index < -0.39 is 46.0 Å². The van der Waals surface area contributed by atoms with E-state index in [1.807, 2.05) is 30.3 Å². The summed E-state index contributed by atoms with van der Waals surface area (Å²) in [7, 11) is 7.74. The maximum Gasteiger partial charge on any atom is 0.239 e. The van der Waals surface area contributed by atoms with E-state index in [2.05, 4.69) is 0 Å². The summed E-state index contributed by atoms with van der Waals surface area (Å²) in [6.07, 6.45) is 3.33. The molecule has 10 heteroatoms. The van der Waals surface area contributed by atoms with Crippen LogP contribution in [0.25, 0.3) is 6.08 Å². The third-order valence-electron chi connectivity index (χ3n) is 8.67. The Hall–Kier alpha value is -4.96. The van der Waals surface area contributed by atoms with Crippen molar-refractivity contribution in [2.24, 2.45) is 11.3 Å². The summed E-state index contributed by atoms with van der Waals surface area (Å²) in [5.41, 5.74) is -2.81. The highest BCUT2D eigenvalue weighted by molar-refractivity contribution is 6.37. The first kappa shape index (κ1) is 30.5. The summed E-state index contributed by atoms with van der Waals surface area (Å²) in [5, 5.41) is 0. The van der Waals surface area contributed by atoms with Crippen LogP contribution in [0.15, 0.2) is 101 Å². The molecule has 5 rings (SSSR count). The van der Waals surface area contributed by atoms with E-state index in [9.17, 15) is 19.2 Å². The molecule has 0 aliphatic heterocycles. The van der Waals surface area contributed by atoms with Gasteiger partial charge in [-0.1, -0.05) is 72.8 Å². The lowest BCUT2D eigenvalue weighted by Gasteiger charge is -2.64. The predicted octanol–water partition coefficient (Wildman–Crippen LogP) is 3.70. The third kappa shape index (κ3) is 3.90. The molecular formula is C34H32O10. The molecule has 3 aliphatic rings. The molecule has 0 bridgehead atoms. The SMILES string of the molecule is COC1=C(OC)C(=O)C(=C(OC)[C@H]2[C@H](c3ccccc3)C3(C(=O)C(OC)=C(OC)C3=O)[C@]2(/C=C/c2ccccc2)OC)C1=O. The van der Waals surface area contributed by atoms with Crippen molar-refractivity contribution in [3.8, 4) is 0 Å². The fourth-order valence-corrected chi connectivity index (χ4v) is 6.91. The molecule has 0 saturated heterocycles. The van der Waals surface area contributed by atoms with Gasteiger partial charge in [0.05, 0.1) is 41.5 Å². The van der Waals surface area contributed by atoms with E-state index in [0.717, 1.165) is 5.56 Å². The van der Waals surface area contributed by atoms with Crippen molar-refractivity contribution in [2.45, 2.75) is 11.5 Å². The van der Waals surface area contributed by atoms with Crippen LogP contribution in [0.5, 0.6) is 0 Å². The molecule has 0 N–H and O–H groups in total. The van der Waals surface area contributed by atoms with E-state index in [-0.39, 0.29) is 34.4 Å². The van der Waals surface area contributed by atoms with E-state index in [1.54, 1.807) is 42.5 Å². The van der Waals surface area contributed by atoms with Gasteiger partial charge in [-0.15, -0.1) is 0 Å². The minimum absolute atomic E-state index is 0.0916. The Morgan fingerprint density at radius 1 is 0.659 bits per heavy atom. The van der Waals surface area contributed by atoms with Crippen LogP contribution >= 0.6 is 0 Å². The van der Waals surface area contributed by atoms with E-state index >= 15 is 0 Å². The number of rotatable bonds is 10. The van der Waals surface area contributed by atoms with Gasteiger partial charge < -0.3 is 28.4 Å². The zero-order valence-corrected chi connectivity index (χ0v) is 25.2. The largest absolute Gasteiger partial charge is 0.500 e. The molecule has 0 unspecified atom stereocenters. The summed E-state index contributed by atoms with van der Waals surface area (Å²) < 4.78 is 33.5. The van der Waals surface area contributed by atoms with Crippen molar-refractivity contribution in [3.63, 3.8) is 0 Å². The fourth-order valence-electron chi connectivity index (χ4n) is 6.91. The Morgan fingerprint density at radius 2 is 1.14 bits per heavy atom. The van der Waals surface area contributed by atoms with Crippen molar-refractivity contribution < 1.29 is 47.6 Å². The van der Waals surface area contributed by atoms with Gasteiger partial charge in [0.25, 0.3) is 0 Å². The fraction of sp³-hybridized carbons (Fsp3) is 0.294. The molecular weight excluding hydrogens is 568 g/mol. The molecule has 0 amide bonds. The molecule has 2 aromatic rings. The Kier molecular flexibility index (Phi) is 8.05. The van der Waals surface area contributed by atoms with Crippen LogP contribution < -0.4 is 0 Å². The highest BCUT2D eigenvalue weighted by Gasteiger charge is 2.83. The molecule has 1 spiro atoms. The van der Waals surface area contributed by atoms with Crippen LogP contribution in [0.1, 0.15) is 17.0 Å². The molecule has 0 aromatic heterocycles. The van der Waals surface area contributed by atoms with Gasteiger partial charge >= 0.3 is 0 Å². The summed E-state index contributed by atoms with van der Waals surface area (Å²) in [6.45, 7) is 0. The van der Waals surface area contributed by atoms with Crippen LogP contribution in [0.3, 0.4) is 0 Å². The average Bonchev–Trinajstić information content (AvgIpc) is 3.43. The second kappa shape index (κ2) is 11.6. The summed E-state index contributed by atoms with van der Waals surface area (Å²) in [4.78, 5) is 56.4. The second-order valence-electron chi connectivity index (χ2n) is 10.3. The lowest BCUT2D eigenvalue weighted by Crippen LogP contribution is -2.75. The minimum Gasteiger partial charge on any atom is -0.500 e. The molecule has 0 heterocycles. The predicted molar refractivity (Wildman–Crippen MR) is 156 cm³/mol. The molecule has 3 aliphatic carbocycles. The number of hydrogen-bond donors (Lipinski definition) is 0. The second-order valence-corrected chi connectivity index (χ2v) is 10.3. The molecule has 3 atom stereocenters. The first-order chi connectivity index (χ1) is 21.2. The Labute approximate surface area is 254 Å². The maximum atomic E-state index is 14.6. The van der Waals surface area contributed by atoms with Gasteiger partial charge in [0.2, 0.25) is 46.2 Å². The number of methoxy groups -OCH3 is 6. The zero-order valence-electron chi connectivity index (χ0n) is 25.2. The van der Waals surface area contributed by atoms with Crippen LogP contribution in [-0.2, 0) is 47.6 Å². The van der Waals surface area contributed by atoms with Gasteiger partial charge in [-0.3, -0.25) is 19.2 Å². The van der Waals surface area contributed by atoms with Gasteiger partial charge in [-0.2, -0.15) is 0 Å². The summed E-state index contributed by atoms with van der Waals surface area (Å²) in [5.74, 6) is -6.06. The van der Waals surface area contributed by atoms with Crippen LogP contribution in [0.4, 0.5) is 0 Å². The van der Waals surface area contributed by atoms with Gasteiger partial charge in [-0.05, 0) is 11.1 Å². The lowest BCUT2D eigenvalue weighted by atomic mass is 9.39. The monoisotopic (exact) mass is 600 g/mol. The zero-order chi connectivity index (χ0) is 31.8. The summed E-state index contributed by atoms with van der Waals surface area (Å²) in [6, 6.07) is 18.0. The molecule has 10 nitrogen and oxygen atoms in total.